The topological polar surface area (TPSA) is 136 Å². The largest absolute Gasteiger partial charge is 0.468 e. The van der Waals surface area contributed by atoms with Crippen LogP contribution in [0.1, 0.15) is 20.3 Å². The summed E-state index contributed by atoms with van der Waals surface area (Å²) in [6.45, 7) is 7.40. The van der Waals surface area contributed by atoms with Crippen molar-refractivity contribution in [2.75, 3.05) is 13.7 Å². The van der Waals surface area contributed by atoms with Gasteiger partial charge in [-0.05, 0) is 24.1 Å². The predicted octanol–water partition coefficient (Wildman–Crippen LogP) is 2.83. The Morgan fingerprint density at radius 2 is 2.12 bits per heavy atom. The zero-order valence-corrected chi connectivity index (χ0v) is 21.1. The van der Waals surface area contributed by atoms with Gasteiger partial charge in [0, 0.05) is 12.6 Å². The molecule has 0 saturated carbocycles. The van der Waals surface area contributed by atoms with E-state index in [4.69, 9.17) is 19.5 Å². The van der Waals surface area contributed by atoms with Gasteiger partial charge < -0.3 is 25.0 Å². The highest BCUT2D eigenvalue weighted by Crippen LogP contribution is 2.47. The molecule has 0 aliphatic carbocycles. The first-order chi connectivity index (χ1) is 16.1. The predicted molar refractivity (Wildman–Crippen MR) is 132 cm³/mol. The second-order valence-corrected chi connectivity index (χ2v) is 11.3. The number of ether oxygens (including phenoxy) is 1. The molecule has 1 aromatic carbocycles. The molecule has 2 aliphatic heterocycles. The molecule has 1 unspecified atom stereocenters. The van der Waals surface area contributed by atoms with Crippen molar-refractivity contribution >= 4 is 31.3 Å². The van der Waals surface area contributed by atoms with E-state index in [0.717, 1.165) is 0 Å². The third kappa shape index (κ3) is 6.64. The van der Waals surface area contributed by atoms with E-state index in [0.29, 0.717) is 23.8 Å². The number of thioether (sulfide) groups is 1. The van der Waals surface area contributed by atoms with Crippen LogP contribution in [0.15, 0.2) is 60.0 Å². The second kappa shape index (κ2) is 11.4. The number of nitrogens with one attached hydrogen (secondary N) is 1. The van der Waals surface area contributed by atoms with Crippen LogP contribution in [0.3, 0.4) is 0 Å². The smallest absolute Gasteiger partial charge is 0.459 e. The molecule has 1 aromatic rings. The Hall–Kier alpha value is -2.30. The zero-order chi connectivity index (χ0) is 24.9. The molecule has 0 radical (unpaired) electrons. The quantitative estimate of drug-likeness (QED) is 0.318. The van der Waals surface area contributed by atoms with Crippen LogP contribution in [0.25, 0.3) is 0 Å². The Morgan fingerprint density at radius 3 is 2.74 bits per heavy atom. The number of nitrogens with zero attached hydrogens (tertiary/aromatic N) is 2. The molecule has 0 amide bonds. The molecule has 186 valence electrons. The van der Waals surface area contributed by atoms with Crippen LogP contribution in [0.4, 0.5) is 0 Å². The van der Waals surface area contributed by atoms with Gasteiger partial charge in [-0.3, -0.25) is 9.32 Å². The first-order valence-electron chi connectivity index (χ1n) is 10.8. The number of hydrogen-bond donors (Lipinski definition) is 3. The van der Waals surface area contributed by atoms with Gasteiger partial charge in [-0.25, -0.2) is 9.56 Å². The summed E-state index contributed by atoms with van der Waals surface area (Å²) in [5.41, 5.74) is 5.71. The number of carbonyl (C=O) groups excluding carboxylic acids is 1. The van der Waals surface area contributed by atoms with Gasteiger partial charge >= 0.3 is 13.7 Å². The molecule has 12 heteroatoms. The lowest BCUT2D eigenvalue weighted by molar-refractivity contribution is -0.143. The fourth-order valence-corrected chi connectivity index (χ4v) is 6.69. The van der Waals surface area contributed by atoms with Gasteiger partial charge in [0.1, 0.15) is 23.4 Å². The first kappa shape index (κ1) is 26.3. The van der Waals surface area contributed by atoms with Gasteiger partial charge in [-0.2, -0.15) is 5.09 Å². The molecule has 4 N–H and O–H groups in total. The molecule has 34 heavy (non-hydrogen) atoms. The van der Waals surface area contributed by atoms with Crippen molar-refractivity contribution < 1.29 is 28.3 Å². The number of methoxy groups -OCH3 is 1. The maximum atomic E-state index is 13.7. The van der Waals surface area contributed by atoms with Gasteiger partial charge in [0.2, 0.25) is 0 Å². The highest BCUT2D eigenvalue weighted by atomic mass is 32.2. The van der Waals surface area contributed by atoms with E-state index in [9.17, 15) is 14.5 Å². The third-order valence-corrected chi connectivity index (χ3v) is 8.34. The van der Waals surface area contributed by atoms with Crippen molar-refractivity contribution in [3.63, 3.8) is 0 Å². The van der Waals surface area contributed by atoms with Crippen LogP contribution >= 0.6 is 19.5 Å². The molecule has 3 rings (SSSR count). The summed E-state index contributed by atoms with van der Waals surface area (Å²) in [6.07, 6.45) is 3.13. The molecule has 1 saturated heterocycles. The third-order valence-electron chi connectivity index (χ3n) is 5.27. The number of esters is 1. The van der Waals surface area contributed by atoms with Gasteiger partial charge in [0.15, 0.2) is 0 Å². The van der Waals surface area contributed by atoms with Crippen LogP contribution in [-0.2, 0) is 18.6 Å². The zero-order valence-electron chi connectivity index (χ0n) is 19.4. The Balaban J connectivity index is 1.72. The first-order valence-corrected chi connectivity index (χ1v) is 13.3. The Labute approximate surface area is 203 Å². The lowest BCUT2D eigenvalue weighted by Crippen LogP contribution is -2.41. The van der Waals surface area contributed by atoms with E-state index in [-0.39, 0.29) is 17.9 Å². The van der Waals surface area contributed by atoms with Crippen molar-refractivity contribution in [2.45, 2.75) is 43.0 Å². The van der Waals surface area contributed by atoms with Crippen molar-refractivity contribution in [1.29, 1.82) is 0 Å². The molecule has 2 heterocycles. The fourth-order valence-electron chi connectivity index (χ4n) is 3.44. The van der Waals surface area contributed by atoms with E-state index >= 15 is 0 Å². The standard InChI is InChI=1S/C22H31N4O6PS/c1-14(2)21(22(28)30-4)25-33(29,32-16-8-6-5-7-9-16)31-13-18-17(27)12-20(34-18)26-11-10-19(23)24-15(26)3/h5-11,14,17-18,20-21,27H,3,12-13H2,1-2,4H3,(H2,23,24)(H,25,29)/t17-,18-,20-,21+,33?/m1/s1. The number of rotatable bonds is 10. The van der Waals surface area contributed by atoms with Crippen molar-refractivity contribution in [1.82, 2.24) is 9.99 Å². The number of para-hydroxylation sites is 1. The van der Waals surface area contributed by atoms with Crippen LogP contribution in [0, 0.1) is 5.92 Å². The lowest BCUT2D eigenvalue weighted by atomic mass is 10.1. The summed E-state index contributed by atoms with van der Waals surface area (Å²) in [4.78, 5) is 18.3. The number of carbonyl (C=O) groups is 1. The lowest BCUT2D eigenvalue weighted by Gasteiger charge is -2.29. The van der Waals surface area contributed by atoms with Crippen LogP contribution in [0.5, 0.6) is 5.75 Å². The average Bonchev–Trinajstić information content (AvgIpc) is 3.16. The molecule has 0 aromatic heterocycles. The Kier molecular flexibility index (Phi) is 8.83. The summed E-state index contributed by atoms with van der Waals surface area (Å²) < 4.78 is 30.0. The van der Waals surface area contributed by atoms with Gasteiger partial charge in [-0.1, -0.05) is 38.6 Å². The summed E-state index contributed by atoms with van der Waals surface area (Å²) in [5.74, 6) is 0.322. The maximum Gasteiger partial charge on any atom is 0.459 e. The SMILES string of the molecule is C=C1N=C(N)C=CN1[C@H]1C[C@@H](O)[C@@H](COP(=O)(N[C@H](C(=O)OC)C(C)C)Oc2ccccc2)S1. The summed E-state index contributed by atoms with van der Waals surface area (Å²) in [7, 11) is -2.77. The van der Waals surface area contributed by atoms with Crippen molar-refractivity contribution in [3.8, 4) is 5.75 Å². The summed E-state index contributed by atoms with van der Waals surface area (Å²) in [5, 5.41) is 12.8. The van der Waals surface area contributed by atoms with E-state index in [1.807, 2.05) is 4.90 Å². The normalized spacial score (nSPS) is 25.1. The number of aliphatic imine (C=N–C) groups is 1. The molecule has 5 atom stereocenters. The molecule has 2 aliphatic rings. The van der Waals surface area contributed by atoms with Gasteiger partial charge in [-0.15, -0.1) is 11.8 Å². The number of hydrogen-bond acceptors (Lipinski definition) is 10. The van der Waals surface area contributed by atoms with Crippen LogP contribution in [-0.4, -0.2) is 58.3 Å². The van der Waals surface area contributed by atoms with Gasteiger partial charge in [0.05, 0.1) is 30.4 Å². The fraction of sp³-hybridized carbons (Fsp3) is 0.455. The monoisotopic (exact) mass is 510 g/mol. The van der Waals surface area contributed by atoms with Crippen molar-refractivity contribution in [2.24, 2.45) is 16.6 Å². The molecule has 10 nitrogen and oxygen atoms in total. The van der Waals surface area contributed by atoms with Crippen LogP contribution < -0.4 is 15.3 Å². The Bertz CT molecular complexity index is 989. The molecule has 0 spiro atoms. The van der Waals surface area contributed by atoms with E-state index in [2.05, 4.69) is 16.7 Å². The molecular formula is C22H31N4O6PS. The second-order valence-electron chi connectivity index (χ2n) is 8.18. The van der Waals surface area contributed by atoms with E-state index in [1.54, 1.807) is 56.5 Å². The highest BCUT2D eigenvalue weighted by molar-refractivity contribution is 8.00. The van der Waals surface area contributed by atoms with E-state index in [1.165, 1.54) is 18.9 Å². The average molecular weight is 511 g/mol. The Morgan fingerprint density at radius 1 is 1.41 bits per heavy atom. The summed E-state index contributed by atoms with van der Waals surface area (Å²) in [6, 6.07) is 7.61. The van der Waals surface area contributed by atoms with Gasteiger partial charge in [0.25, 0.3) is 0 Å². The number of aliphatic hydroxyl groups is 1. The highest BCUT2D eigenvalue weighted by Gasteiger charge is 2.41. The minimum absolute atomic E-state index is 0.0825. The molecule has 1 fully saturated rings. The number of amidine groups is 1. The minimum atomic E-state index is -4.03. The molecule has 0 bridgehead atoms. The number of aliphatic hydroxyl groups excluding tert-OH is 1. The van der Waals surface area contributed by atoms with E-state index < -0.39 is 31.1 Å². The number of nitrogens with two attached hydrogens (primary N) is 1. The summed E-state index contributed by atoms with van der Waals surface area (Å²) >= 11 is 1.45. The molecular weight excluding hydrogens is 479 g/mol. The minimum Gasteiger partial charge on any atom is -0.468 e. The maximum absolute atomic E-state index is 13.7. The number of benzene rings is 1. The van der Waals surface area contributed by atoms with Crippen LogP contribution in [0.2, 0.25) is 0 Å². The van der Waals surface area contributed by atoms with Crippen molar-refractivity contribution in [3.05, 3.63) is 55.0 Å².